The van der Waals surface area contributed by atoms with Gasteiger partial charge in [0.2, 0.25) is 0 Å². The van der Waals surface area contributed by atoms with Crippen LogP contribution in [-0.2, 0) is 13.6 Å². The number of rotatable bonds is 6. The molecule has 3 rings (SSSR count). The molecular formula is C18H19O3PS2. The fraction of sp³-hybridized carbons (Fsp3) is 0.278. The molecule has 0 unspecified atom stereocenters. The number of hydrogen-bond donors (Lipinski definition) is 0. The standard InChI is InChI=1S/C18H19O3PS2/c1-3-20-22(19,21-4-2)18(23)24-17-15-11-7-5-9-13(15)14-10-6-8-12-16(14)17/h5-12,17H,3-4H2,1-2H3. The average molecular weight is 378 g/mol. The van der Waals surface area contributed by atoms with Crippen LogP contribution in [0.1, 0.15) is 30.2 Å². The molecule has 0 fully saturated rings. The topological polar surface area (TPSA) is 35.5 Å². The van der Waals surface area contributed by atoms with E-state index in [-0.39, 0.29) is 5.25 Å². The van der Waals surface area contributed by atoms with E-state index in [4.69, 9.17) is 21.3 Å². The smallest absolute Gasteiger partial charge is 0.305 e. The lowest BCUT2D eigenvalue weighted by molar-refractivity contribution is 0.233. The van der Waals surface area contributed by atoms with Crippen LogP contribution < -0.4 is 0 Å². The Morgan fingerprint density at radius 1 is 1.00 bits per heavy atom. The summed E-state index contributed by atoms with van der Waals surface area (Å²) in [4.78, 5) is 0. The Labute approximate surface area is 152 Å². The van der Waals surface area contributed by atoms with Crippen molar-refractivity contribution >= 4 is 35.5 Å². The van der Waals surface area contributed by atoms with Crippen molar-refractivity contribution in [3.05, 3.63) is 59.7 Å². The van der Waals surface area contributed by atoms with Crippen LogP contribution in [-0.4, -0.2) is 17.2 Å². The fourth-order valence-electron chi connectivity index (χ4n) is 2.88. The number of fused-ring (bicyclic) bond motifs is 3. The average Bonchev–Trinajstić information content (AvgIpc) is 2.90. The molecule has 0 saturated heterocycles. The van der Waals surface area contributed by atoms with Gasteiger partial charge in [-0.3, -0.25) is 4.57 Å². The van der Waals surface area contributed by atoms with Gasteiger partial charge in [-0.2, -0.15) is 0 Å². The first kappa shape index (κ1) is 17.8. The zero-order valence-corrected chi connectivity index (χ0v) is 16.1. The van der Waals surface area contributed by atoms with Crippen molar-refractivity contribution in [3.8, 4) is 11.1 Å². The first-order chi connectivity index (χ1) is 11.6. The third-order valence-corrected chi connectivity index (χ3v) is 8.35. The molecule has 2 aromatic carbocycles. The highest BCUT2D eigenvalue weighted by Crippen LogP contribution is 2.59. The van der Waals surface area contributed by atoms with E-state index in [1.54, 1.807) is 13.8 Å². The highest BCUT2D eigenvalue weighted by molar-refractivity contribution is 8.35. The normalized spacial score (nSPS) is 13.6. The Morgan fingerprint density at radius 2 is 1.46 bits per heavy atom. The molecule has 3 nitrogen and oxygen atoms in total. The second-order valence-corrected chi connectivity index (χ2v) is 9.62. The molecule has 6 heteroatoms. The van der Waals surface area contributed by atoms with Crippen molar-refractivity contribution in [1.29, 1.82) is 0 Å². The van der Waals surface area contributed by atoms with Crippen molar-refractivity contribution < 1.29 is 13.6 Å². The molecule has 126 valence electrons. The Morgan fingerprint density at radius 3 is 1.92 bits per heavy atom. The van der Waals surface area contributed by atoms with Crippen LogP contribution in [0.25, 0.3) is 11.1 Å². The quantitative estimate of drug-likeness (QED) is 0.452. The van der Waals surface area contributed by atoms with Crippen LogP contribution in [0.4, 0.5) is 0 Å². The summed E-state index contributed by atoms with van der Waals surface area (Å²) >= 11 is 6.86. The third-order valence-electron chi connectivity index (χ3n) is 3.82. The van der Waals surface area contributed by atoms with E-state index in [1.165, 1.54) is 34.0 Å². The maximum Gasteiger partial charge on any atom is 0.378 e. The molecule has 2 aromatic rings. The van der Waals surface area contributed by atoms with Crippen molar-refractivity contribution in [1.82, 2.24) is 0 Å². The maximum absolute atomic E-state index is 12.9. The Balaban J connectivity index is 1.95. The first-order valence-corrected chi connectivity index (χ1v) is 10.7. The van der Waals surface area contributed by atoms with E-state index >= 15 is 0 Å². The highest BCUT2D eigenvalue weighted by Gasteiger charge is 2.36. The lowest BCUT2D eigenvalue weighted by Crippen LogP contribution is -2.04. The molecular weight excluding hydrogens is 359 g/mol. The Hall–Kier alpha value is -0.970. The van der Waals surface area contributed by atoms with Gasteiger partial charge in [0.25, 0.3) is 0 Å². The minimum Gasteiger partial charge on any atom is -0.305 e. The molecule has 1 aliphatic rings. The van der Waals surface area contributed by atoms with Crippen LogP contribution in [0.3, 0.4) is 0 Å². The van der Waals surface area contributed by atoms with E-state index in [2.05, 4.69) is 24.3 Å². The second-order valence-electron chi connectivity index (χ2n) is 5.27. The summed E-state index contributed by atoms with van der Waals surface area (Å²) in [5, 5.41) is 0.0131. The van der Waals surface area contributed by atoms with Gasteiger partial charge < -0.3 is 9.05 Å². The molecule has 1 aliphatic carbocycles. The summed E-state index contributed by atoms with van der Waals surface area (Å²) in [6.45, 7) is 4.18. The SMILES string of the molecule is CCOP(=O)(OCC)C(=S)SC1c2ccccc2-c2ccccc21. The molecule has 0 amide bonds. The third kappa shape index (κ3) is 3.24. The van der Waals surface area contributed by atoms with Crippen LogP contribution in [0, 0.1) is 0 Å². The number of benzene rings is 2. The summed E-state index contributed by atoms with van der Waals surface area (Å²) in [6.07, 6.45) is 0. The van der Waals surface area contributed by atoms with Gasteiger partial charge in [-0.15, -0.1) is 0 Å². The Bertz CT molecular complexity index is 751. The lowest BCUT2D eigenvalue weighted by atomic mass is 10.1. The van der Waals surface area contributed by atoms with Gasteiger partial charge in [0.1, 0.15) is 0 Å². The summed E-state index contributed by atoms with van der Waals surface area (Å²) < 4.78 is 24.0. The maximum atomic E-state index is 12.9. The van der Waals surface area contributed by atoms with Crippen molar-refractivity contribution in [2.45, 2.75) is 19.1 Å². The van der Waals surface area contributed by atoms with E-state index in [0.29, 0.717) is 17.2 Å². The minimum absolute atomic E-state index is 0.0131. The minimum atomic E-state index is -3.39. The van der Waals surface area contributed by atoms with Crippen molar-refractivity contribution in [2.24, 2.45) is 0 Å². The lowest BCUT2D eigenvalue weighted by Gasteiger charge is -2.20. The highest BCUT2D eigenvalue weighted by atomic mass is 32.2. The van der Waals surface area contributed by atoms with Gasteiger partial charge in [0, 0.05) is 0 Å². The van der Waals surface area contributed by atoms with Gasteiger partial charge >= 0.3 is 7.60 Å². The first-order valence-electron chi connectivity index (χ1n) is 7.89. The number of thioether (sulfide) groups is 1. The van der Waals surface area contributed by atoms with Gasteiger partial charge in [-0.25, -0.2) is 0 Å². The van der Waals surface area contributed by atoms with Gasteiger partial charge in [0.05, 0.1) is 18.5 Å². The predicted molar refractivity (Wildman–Crippen MR) is 105 cm³/mol. The number of thiocarbonyl (C=S) groups is 1. The van der Waals surface area contributed by atoms with Gasteiger partial charge in [-0.1, -0.05) is 72.5 Å². The molecule has 0 spiro atoms. The van der Waals surface area contributed by atoms with Crippen LogP contribution in [0.2, 0.25) is 0 Å². The molecule has 0 radical (unpaired) electrons. The molecule has 24 heavy (non-hydrogen) atoms. The molecule has 0 bridgehead atoms. The summed E-state index contributed by atoms with van der Waals surface area (Å²) in [7, 11) is -3.39. The van der Waals surface area contributed by atoms with Crippen molar-refractivity contribution in [3.63, 3.8) is 0 Å². The summed E-state index contributed by atoms with van der Waals surface area (Å²) in [5.41, 5.74) is 4.78. The van der Waals surface area contributed by atoms with E-state index < -0.39 is 7.60 Å². The predicted octanol–water partition coefficient (Wildman–Crippen LogP) is 6.04. The number of hydrogen-bond acceptors (Lipinski definition) is 5. The van der Waals surface area contributed by atoms with Gasteiger partial charge in [0.15, 0.2) is 3.94 Å². The van der Waals surface area contributed by atoms with Crippen LogP contribution >= 0.6 is 31.6 Å². The van der Waals surface area contributed by atoms with Gasteiger partial charge in [-0.05, 0) is 36.1 Å². The van der Waals surface area contributed by atoms with E-state index in [1.807, 2.05) is 24.3 Å². The molecule has 0 atom stereocenters. The molecule has 0 N–H and O–H groups in total. The summed E-state index contributed by atoms with van der Waals surface area (Å²) in [5.74, 6) is 0. The summed E-state index contributed by atoms with van der Waals surface area (Å²) in [6, 6.07) is 16.5. The molecule has 0 aliphatic heterocycles. The largest absolute Gasteiger partial charge is 0.378 e. The second kappa shape index (κ2) is 7.51. The van der Waals surface area contributed by atoms with E-state index in [9.17, 15) is 4.57 Å². The fourth-order valence-corrected chi connectivity index (χ4v) is 6.47. The Kier molecular flexibility index (Phi) is 5.58. The molecule has 0 aromatic heterocycles. The zero-order valence-electron chi connectivity index (χ0n) is 13.6. The van der Waals surface area contributed by atoms with E-state index in [0.717, 1.165) is 0 Å². The monoisotopic (exact) mass is 378 g/mol. The molecule has 0 heterocycles. The molecule has 0 saturated carbocycles. The zero-order chi connectivity index (χ0) is 17.2. The van der Waals surface area contributed by atoms with Crippen molar-refractivity contribution in [2.75, 3.05) is 13.2 Å². The van der Waals surface area contributed by atoms with Crippen LogP contribution in [0.5, 0.6) is 0 Å². The van der Waals surface area contributed by atoms with Crippen LogP contribution in [0.15, 0.2) is 48.5 Å².